The molecule has 5 rings (SSSR count). The Hall–Kier alpha value is -4.31. The van der Waals surface area contributed by atoms with Crippen LogP contribution in [0, 0.1) is 12.7 Å². The number of nitrogens with zero attached hydrogens (tertiary/aromatic N) is 3. The number of ether oxygens (including phenoxy) is 2. The molecule has 1 amide bonds. The normalized spacial score (nSPS) is 14.1. The molecule has 0 unspecified atom stereocenters. The lowest BCUT2D eigenvalue weighted by Gasteiger charge is -2.32. The van der Waals surface area contributed by atoms with Crippen molar-refractivity contribution in [2.45, 2.75) is 46.1 Å². The first-order chi connectivity index (χ1) is 18.2. The molecule has 0 aliphatic carbocycles. The van der Waals surface area contributed by atoms with Crippen LogP contribution in [0.5, 0.6) is 5.75 Å². The maximum Gasteiger partial charge on any atom is 0.296 e. The van der Waals surface area contributed by atoms with Gasteiger partial charge in [0.15, 0.2) is 11.5 Å². The first kappa shape index (κ1) is 25.3. The monoisotopic (exact) mass is 518 g/mol. The molecule has 0 bridgehead atoms. The smallest absolute Gasteiger partial charge is 0.296 e. The molecule has 0 atom stereocenters. The highest BCUT2D eigenvalue weighted by Gasteiger charge is 2.35. The third-order valence-corrected chi connectivity index (χ3v) is 6.29. The van der Waals surface area contributed by atoms with Crippen LogP contribution in [0.15, 0.2) is 63.9 Å². The van der Waals surface area contributed by atoms with E-state index in [9.17, 15) is 14.0 Å². The lowest BCUT2D eigenvalue weighted by molar-refractivity contribution is -0.0567. The fraction of sp³-hybridized carbons (Fsp3) is 0.286. The van der Waals surface area contributed by atoms with Crippen molar-refractivity contribution in [2.24, 2.45) is 0 Å². The van der Waals surface area contributed by atoms with E-state index in [2.05, 4.69) is 15.5 Å². The zero-order valence-electron chi connectivity index (χ0n) is 21.3. The van der Waals surface area contributed by atoms with Gasteiger partial charge in [-0.05, 0) is 44.0 Å². The van der Waals surface area contributed by atoms with Crippen LogP contribution in [0.3, 0.4) is 0 Å². The molecule has 2 aromatic carbocycles. The van der Waals surface area contributed by atoms with Gasteiger partial charge in [0.05, 0.1) is 18.8 Å². The first-order valence-electron chi connectivity index (χ1n) is 12.2. The van der Waals surface area contributed by atoms with E-state index in [0.717, 1.165) is 5.56 Å². The number of rotatable bonds is 7. The van der Waals surface area contributed by atoms with Crippen LogP contribution in [-0.4, -0.2) is 27.2 Å². The number of aromatic nitrogens is 3. The summed E-state index contributed by atoms with van der Waals surface area (Å²) in [6.07, 6.45) is 0. The van der Waals surface area contributed by atoms with E-state index >= 15 is 0 Å². The van der Waals surface area contributed by atoms with Gasteiger partial charge < -0.3 is 19.3 Å². The van der Waals surface area contributed by atoms with Gasteiger partial charge >= 0.3 is 0 Å². The molecule has 1 aliphatic heterocycles. The van der Waals surface area contributed by atoms with Crippen molar-refractivity contribution in [3.63, 3.8) is 0 Å². The van der Waals surface area contributed by atoms with E-state index in [4.69, 9.17) is 14.0 Å². The predicted molar refractivity (Wildman–Crippen MR) is 136 cm³/mol. The summed E-state index contributed by atoms with van der Waals surface area (Å²) in [5.41, 5.74) is 1.06. The molecule has 1 aliphatic rings. The third kappa shape index (κ3) is 5.08. The summed E-state index contributed by atoms with van der Waals surface area (Å²) in [6.45, 7) is 6.08. The lowest BCUT2D eigenvalue weighted by atomic mass is 10.0. The zero-order valence-corrected chi connectivity index (χ0v) is 21.3. The van der Waals surface area contributed by atoms with Gasteiger partial charge in [-0.1, -0.05) is 41.6 Å². The lowest BCUT2D eigenvalue weighted by Crippen LogP contribution is -2.43. The first-order valence-corrected chi connectivity index (χ1v) is 12.2. The van der Waals surface area contributed by atoms with Crippen molar-refractivity contribution < 1.29 is 23.2 Å². The molecule has 2 aromatic heterocycles. The van der Waals surface area contributed by atoms with Crippen LogP contribution >= 0.6 is 0 Å². The largest absolute Gasteiger partial charge is 0.481 e. The molecule has 10 heteroatoms. The van der Waals surface area contributed by atoms with E-state index in [-0.39, 0.29) is 24.6 Å². The molecule has 0 radical (unpaired) electrons. The minimum atomic E-state index is -0.876. The zero-order chi connectivity index (χ0) is 26.9. The summed E-state index contributed by atoms with van der Waals surface area (Å²) in [5, 5.41) is 6.66. The number of amides is 1. The van der Waals surface area contributed by atoms with Crippen LogP contribution in [0.2, 0.25) is 0 Å². The van der Waals surface area contributed by atoms with E-state index in [1.807, 2.05) is 30.3 Å². The van der Waals surface area contributed by atoms with Gasteiger partial charge in [-0.25, -0.2) is 9.37 Å². The molecule has 0 spiro atoms. The Kier molecular flexibility index (Phi) is 6.81. The van der Waals surface area contributed by atoms with Crippen molar-refractivity contribution in [1.82, 2.24) is 20.0 Å². The van der Waals surface area contributed by atoms with Crippen LogP contribution in [0.4, 0.5) is 4.39 Å². The van der Waals surface area contributed by atoms with Crippen molar-refractivity contribution >= 4 is 5.91 Å². The molecular formula is C28H27FN4O5. The summed E-state index contributed by atoms with van der Waals surface area (Å²) < 4.78 is 32.6. The Morgan fingerprint density at radius 2 is 1.97 bits per heavy atom. The van der Waals surface area contributed by atoms with Gasteiger partial charge in [-0.15, -0.1) is 0 Å². The Balaban J connectivity index is 1.48. The van der Waals surface area contributed by atoms with Gasteiger partial charge in [0.2, 0.25) is 5.75 Å². The van der Waals surface area contributed by atoms with Gasteiger partial charge in [-0.3, -0.25) is 14.2 Å². The van der Waals surface area contributed by atoms with Crippen molar-refractivity contribution in [3.8, 4) is 17.1 Å². The SMILES string of the molecule is Cc1cc(-c2cc(F)ccc2CNC(=O)c2nc3n(c(=O)c2OCc2ccccc2)CCOC3(C)C)on1. The number of fused-ring (bicyclic) bond motifs is 1. The molecule has 9 nitrogen and oxygen atoms in total. The molecule has 0 fully saturated rings. The highest BCUT2D eigenvalue weighted by atomic mass is 19.1. The van der Waals surface area contributed by atoms with E-state index < -0.39 is 22.9 Å². The standard InChI is InChI=1S/C28H27FN4O5/c1-17-13-22(38-32-17)21-14-20(29)10-9-19(21)15-30-25(34)23-24(36-16-18-7-5-4-6-8-18)26(35)33-11-12-37-28(2,3)27(33)31-23/h4-10,13-14H,11-12,15-16H2,1-3H3,(H,30,34). The van der Waals surface area contributed by atoms with E-state index in [1.165, 1.54) is 16.7 Å². The van der Waals surface area contributed by atoms with Gasteiger partial charge in [0.1, 0.15) is 23.8 Å². The highest BCUT2D eigenvalue weighted by molar-refractivity contribution is 5.95. The number of halogens is 1. The topological polar surface area (TPSA) is 108 Å². The van der Waals surface area contributed by atoms with Gasteiger partial charge in [0.25, 0.3) is 11.5 Å². The molecule has 38 heavy (non-hydrogen) atoms. The predicted octanol–water partition coefficient (Wildman–Crippen LogP) is 4.12. The molecule has 4 aromatic rings. The second-order valence-corrected chi connectivity index (χ2v) is 9.52. The molecule has 0 saturated carbocycles. The molecule has 0 saturated heterocycles. The third-order valence-electron chi connectivity index (χ3n) is 6.29. The number of aryl methyl sites for hydroxylation is 1. The molecule has 196 valence electrons. The number of benzene rings is 2. The van der Waals surface area contributed by atoms with Crippen molar-refractivity contribution in [3.05, 3.63) is 99.1 Å². The van der Waals surface area contributed by atoms with Crippen LogP contribution in [0.1, 0.15) is 47.0 Å². The Labute approximate surface area is 218 Å². The Morgan fingerprint density at radius 1 is 1.18 bits per heavy atom. The average Bonchev–Trinajstić information content (AvgIpc) is 3.34. The fourth-order valence-electron chi connectivity index (χ4n) is 4.36. The second-order valence-electron chi connectivity index (χ2n) is 9.52. The maximum absolute atomic E-state index is 14.0. The fourth-order valence-corrected chi connectivity index (χ4v) is 4.36. The summed E-state index contributed by atoms with van der Waals surface area (Å²) in [6, 6.07) is 15.2. The molecular weight excluding hydrogens is 491 g/mol. The van der Waals surface area contributed by atoms with Crippen molar-refractivity contribution in [2.75, 3.05) is 6.61 Å². The average molecular weight is 519 g/mol. The maximum atomic E-state index is 14.0. The van der Waals surface area contributed by atoms with Gasteiger partial charge in [0, 0.05) is 18.2 Å². The summed E-state index contributed by atoms with van der Waals surface area (Å²) in [7, 11) is 0. The Bertz CT molecular complexity index is 1540. The molecule has 3 heterocycles. The van der Waals surface area contributed by atoms with E-state index in [1.54, 1.807) is 32.9 Å². The minimum Gasteiger partial charge on any atom is -0.481 e. The van der Waals surface area contributed by atoms with Gasteiger partial charge in [-0.2, -0.15) is 0 Å². The summed E-state index contributed by atoms with van der Waals surface area (Å²) >= 11 is 0. The number of carbonyl (C=O) groups is 1. The number of carbonyl (C=O) groups excluding carboxylic acids is 1. The summed E-state index contributed by atoms with van der Waals surface area (Å²) in [5.74, 6) is -0.489. The number of hydrogen-bond acceptors (Lipinski definition) is 7. The minimum absolute atomic E-state index is 0.0201. The summed E-state index contributed by atoms with van der Waals surface area (Å²) in [4.78, 5) is 31.5. The van der Waals surface area contributed by atoms with Crippen LogP contribution < -0.4 is 15.6 Å². The van der Waals surface area contributed by atoms with E-state index in [0.29, 0.717) is 41.6 Å². The van der Waals surface area contributed by atoms with Crippen molar-refractivity contribution in [1.29, 1.82) is 0 Å². The van der Waals surface area contributed by atoms with Crippen LogP contribution in [0.25, 0.3) is 11.3 Å². The number of hydrogen-bond donors (Lipinski definition) is 1. The second kappa shape index (κ2) is 10.2. The quantitative estimate of drug-likeness (QED) is 0.392. The molecule has 1 N–H and O–H groups in total. The van der Waals surface area contributed by atoms with Crippen LogP contribution in [-0.2, 0) is 30.0 Å². The number of nitrogens with one attached hydrogen (secondary N) is 1. The Morgan fingerprint density at radius 3 is 2.71 bits per heavy atom. The highest BCUT2D eigenvalue weighted by Crippen LogP contribution is 2.29.